The number of carbonyl (C=O) groups is 5. The van der Waals surface area contributed by atoms with E-state index in [4.69, 9.17) is 28.4 Å². The second-order valence-corrected chi connectivity index (χ2v) is 6.27. The van der Waals surface area contributed by atoms with E-state index in [9.17, 15) is 28.4 Å². The van der Waals surface area contributed by atoms with Crippen molar-refractivity contribution in [2.45, 2.75) is 64.9 Å². The Morgan fingerprint density at radius 3 is 1.52 bits per heavy atom. The molecule has 11 nitrogen and oxygen atoms in total. The van der Waals surface area contributed by atoms with Crippen LogP contribution in [0, 0.1) is 0 Å². The fourth-order valence-corrected chi connectivity index (χ4v) is 2.69. The summed E-state index contributed by atoms with van der Waals surface area (Å²) in [5, 5.41) is 0. The summed E-state index contributed by atoms with van der Waals surface area (Å²) in [6.07, 6.45) is -7.54. The second-order valence-electron chi connectivity index (χ2n) is 6.27. The Labute approximate surface area is 165 Å². The van der Waals surface area contributed by atoms with E-state index >= 15 is 0 Å². The van der Waals surface area contributed by atoms with Crippen molar-refractivity contribution in [3.05, 3.63) is 0 Å². The number of carbonyl (C=O) groups excluding carboxylic acids is 5. The number of halogens is 1. The van der Waals surface area contributed by atoms with E-state index in [0.29, 0.717) is 0 Å². The Kier molecular flexibility index (Phi) is 8.49. The molecule has 1 saturated heterocycles. The maximum Gasteiger partial charge on any atom is 0.303 e. The highest BCUT2D eigenvalue weighted by Crippen LogP contribution is 2.37. The maximum atomic E-state index is 14.9. The number of hydrogen-bond donors (Lipinski definition) is 0. The average Bonchev–Trinajstić information content (AvgIpc) is 2.56. The number of ether oxygens (including phenoxy) is 6. The first-order valence-corrected chi connectivity index (χ1v) is 8.48. The van der Waals surface area contributed by atoms with Crippen LogP contribution in [0.25, 0.3) is 0 Å². The third-order valence-electron chi connectivity index (χ3n) is 3.68. The second kappa shape index (κ2) is 10.1. The van der Waals surface area contributed by atoms with Crippen LogP contribution < -0.4 is 0 Å². The summed E-state index contributed by atoms with van der Waals surface area (Å²) in [5.41, 5.74) is -2.08. The molecule has 0 N–H and O–H groups in total. The summed E-state index contributed by atoms with van der Waals surface area (Å²) in [5.74, 6) is -4.32. The largest absolute Gasteiger partial charge is 0.462 e. The van der Waals surface area contributed by atoms with Crippen molar-refractivity contribution in [3.8, 4) is 0 Å². The van der Waals surface area contributed by atoms with Gasteiger partial charge in [0.1, 0.15) is 13.2 Å². The fourth-order valence-electron chi connectivity index (χ4n) is 2.69. The molecule has 4 atom stereocenters. The highest BCUT2D eigenvalue weighted by molar-refractivity contribution is 5.69. The first-order chi connectivity index (χ1) is 13.4. The molecule has 1 aliphatic heterocycles. The molecule has 0 aromatic heterocycles. The van der Waals surface area contributed by atoms with Gasteiger partial charge in [0, 0.05) is 34.6 Å². The van der Waals surface area contributed by atoms with Crippen LogP contribution in [0.5, 0.6) is 0 Å². The van der Waals surface area contributed by atoms with Gasteiger partial charge in [-0.3, -0.25) is 24.0 Å². The Hall–Kier alpha value is -2.76. The lowest BCUT2D eigenvalue weighted by Gasteiger charge is -2.48. The normalized spacial score (nSPS) is 25.3. The minimum atomic E-state index is -2.40. The molecule has 12 heteroatoms. The van der Waals surface area contributed by atoms with E-state index in [1.54, 1.807) is 0 Å². The van der Waals surface area contributed by atoms with Crippen molar-refractivity contribution in [1.82, 2.24) is 0 Å². The van der Waals surface area contributed by atoms with E-state index in [-0.39, 0.29) is 0 Å². The molecule has 0 unspecified atom stereocenters. The number of esters is 5. The lowest BCUT2D eigenvalue weighted by atomic mass is 9.87. The minimum absolute atomic E-state index is 0.724. The zero-order valence-electron chi connectivity index (χ0n) is 16.6. The van der Waals surface area contributed by atoms with E-state index < -0.39 is 73.3 Å². The Morgan fingerprint density at radius 1 is 0.724 bits per heavy atom. The molecule has 1 rings (SSSR count). The average molecular weight is 422 g/mol. The van der Waals surface area contributed by atoms with Crippen LogP contribution in [-0.4, -0.2) is 73.3 Å². The van der Waals surface area contributed by atoms with Gasteiger partial charge in [0.05, 0.1) is 0 Å². The van der Waals surface area contributed by atoms with Crippen LogP contribution in [0.2, 0.25) is 0 Å². The van der Waals surface area contributed by atoms with Crippen molar-refractivity contribution >= 4 is 29.8 Å². The zero-order valence-corrected chi connectivity index (χ0v) is 16.6. The standard InChI is InChI=1S/C17H23FO11/c1-8(19)24-6-17(7-25-9(2)20)15(28-12(5)23)13(26-10(3)21)14(16(18)29-17)27-11(4)22/h13-16H,6-7H2,1-5H3/t13-,14-,15+,16+/m1/s1. The van der Waals surface area contributed by atoms with Crippen molar-refractivity contribution in [1.29, 1.82) is 0 Å². The van der Waals surface area contributed by atoms with Crippen molar-refractivity contribution in [2.75, 3.05) is 13.2 Å². The van der Waals surface area contributed by atoms with Gasteiger partial charge >= 0.3 is 29.8 Å². The molecular weight excluding hydrogens is 399 g/mol. The Bertz CT molecular complexity index is 644. The SMILES string of the molecule is CC(=O)OCC1(COC(C)=O)O[C@H](F)[C@H](OC(C)=O)[C@@H](OC(C)=O)[C@@H]1OC(C)=O. The minimum Gasteiger partial charge on any atom is -0.462 e. The molecular formula is C17H23FO11. The molecule has 0 spiro atoms. The molecule has 1 heterocycles. The molecule has 0 radical (unpaired) electrons. The third kappa shape index (κ3) is 6.97. The maximum absolute atomic E-state index is 14.9. The molecule has 0 saturated carbocycles. The van der Waals surface area contributed by atoms with Gasteiger partial charge < -0.3 is 28.4 Å². The molecule has 1 fully saturated rings. The molecule has 0 aromatic rings. The number of hydrogen-bond acceptors (Lipinski definition) is 11. The summed E-state index contributed by atoms with van der Waals surface area (Å²) in [6.45, 7) is 3.66. The molecule has 1 aliphatic rings. The first-order valence-electron chi connectivity index (χ1n) is 8.48. The Morgan fingerprint density at radius 2 is 1.14 bits per heavy atom. The van der Waals surface area contributed by atoms with E-state index in [1.807, 2.05) is 0 Å². The van der Waals surface area contributed by atoms with Crippen molar-refractivity contribution in [3.63, 3.8) is 0 Å². The van der Waals surface area contributed by atoms with Gasteiger partial charge in [-0.1, -0.05) is 0 Å². The lowest BCUT2D eigenvalue weighted by Crippen LogP contribution is -2.69. The van der Waals surface area contributed by atoms with Crippen molar-refractivity contribution < 1.29 is 56.8 Å². The summed E-state index contributed by atoms with van der Waals surface area (Å²) < 4.78 is 44.9. The van der Waals surface area contributed by atoms with Crippen LogP contribution in [0.15, 0.2) is 0 Å². The van der Waals surface area contributed by atoms with E-state index in [2.05, 4.69) is 0 Å². The predicted molar refractivity (Wildman–Crippen MR) is 88.6 cm³/mol. The molecule has 0 aliphatic carbocycles. The highest BCUT2D eigenvalue weighted by atomic mass is 19.1. The van der Waals surface area contributed by atoms with Crippen molar-refractivity contribution in [2.24, 2.45) is 0 Å². The van der Waals surface area contributed by atoms with Crippen LogP contribution in [-0.2, 0) is 52.4 Å². The smallest absolute Gasteiger partial charge is 0.303 e. The van der Waals surface area contributed by atoms with Crippen LogP contribution in [0.4, 0.5) is 4.39 Å². The summed E-state index contributed by atoms with van der Waals surface area (Å²) in [4.78, 5) is 57.3. The first kappa shape index (κ1) is 24.3. The molecule has 0 aromatic carbocycles. The number of rotatable bonds is 7. The lowest BCUT2D eigenvalue weighted by molar-refractivity contribution is -0.320. The Balaban J connectivity index is 3.48. The molecule has 29 heavy (non-hydrogen) atoms. The summed E-state index contributed by atoms with van der Waals surface area (Å²) >= 11 is 0. The van der Waals surface area contributed by atoms with Gasteiger partial charge in [0.25, 0.3) is 0 Å². The monoisotopic (exact) mass is 422 g/mol. The van der Waals surface area contributed by atoms with Gasteiger partial charge in [0.2, 0.25) is 6.36 Å². The predicted octanol–water partition coefficient (Wildman–Crippen LogP) is -0.0277. The molecule has 0 bridgehead atoms. The van der Waals surface area contributed by atoms with Gasteiger partial charge in [0.15, 0.2) is 23.9 Å². The topological polar surface area (TPSA) is 141 Å². The quantitative estimate of drug-likeness (QED) is 0.403. The zero-order chi connectivity index (χ0) is 22.4. The van der Waals surface area contributed by atoms with E-state index in [1.165, 1.54) is 0 Å². The van der Waals surface area contributed by atoms with Crippen LogP contribution in [0.3, 0.4) is 0 Å². The van der Waals surface area contributed by atoms with Crippen LogP contribution >= 0.6 is 0 Å². The van der Waals surface area contributed by atoms with Gasteiger partial charge in [-0.15, -0.1) is 0 Å². The van der Waals surface area contributed by atoms with E-state index in [0.717, 1.165) is 34.6 Å². The number of alkyl halides is 1. The summed E-state index contributed by atoms with van der Waals surface area (Å²) in [7, 11) is 0. The van der Waals surface area contributed by atoms with Gasteiger partial charge in [-0.25, -0.2) is 4.39 Å². The van der Waals surface area contributed by atoms with Gasteiger partial charge in [-0.05, 0) is 0 Å². The summed E-state index contributed by atoms with van der Waals surface area (Å²) in [6, 6.07) is 0. The van der Waals surface area contributed by atoms with Crippen LogP contribution in [0.1, 0.15) is 34.6 Å². The highest BCUT2D eigenvalue weighted by Gasteiger charge is 2.61. The molecule has 0 amide bonds. The third-order valence-corrected chi connectivity index (χ3v) is 3.68. The molecule has 164 valence electrons. The van der Waals surface area contributed by atoms with Gasteiger partial charge in [-0.2, -0.15) is 0 Å². The fraction of sp³-hybridized carbons (Fsp3) is 0.706.